The lowest BCUT2D eigenvalue weighted by Gasteiger charge is -2.23. The zero-order valence-electron chi connectivity index (χ0n) is 16.4. The van der Waals surface area contributed by atoms with Crippen LogP contribution in [0.4, 0.5) is 4.79 Å². The lowest BCUT2D eigenvalue weighted by Crippen LogP contribution is -2.48. The smallest absolute Gasteiger partial charge is 0.359 e. The fourth-order valence-electron chi connectivity index (χ4n) is 2.98. The summed E-state index contributed by atoms with van der Waals surface area (Å²) in [6.45, 7) is 3.75. The van der Waals surface area contributed by atoms with Gasteiger partial charge in [-0.25, -0.2) is 14.3 Å². The van der Waals surface area contributed by atoms with Gasteiger partial charge in [0.05, 0.1) is 0 Å². The highest BCUT2D eigenvalue weighted by Crippen LogP contribution is 2.17. The molecule has 1 unspecified atom stereocenters. The van der Waals surface area contributed by atoms with Crippen LogP contribution in [0.25, 0.3) is 0 Å². The van der Waals surface area contributed by atoms with E-state index in [0.717, 1.165) is 44.9 Å². The summed E-state index contributed by atoms with van der Waals surface area (Å²) >= 11 is 0. The molecule has 0 bridgehead atoms. The number of carbonyl (C=O) groups excluding carboxylic acids is 3. The highest BCUT2D eigenvalue weighted by molar-refractivity contribution is 5.98. The number of hydrogen-bond donors (Lipinski definition) is 2. The van der Waals surface area contributed by atoms with Gasteiger partial charge < -0.3 is 10.1 Å². The van der Waals surface area contributed by atoms with Crippen molar-refractivity contribution in [3.8, 4) is 0 Å². The summed E-state index contributed by atoms with van der Waals surface area (Å²) in [4.78, 5) is 48.0. The van der Waals surface area contributed by atoms with Crippen molar-refractivity contribution in [3.05, 3.63) is 28.2 Å². The third kappa shape index (κ3) is 6.47. The van der Waals surface area contributed by atoms with E-state index in [1.807, 2.05) is 6.92 Å². The molecule has 9 heteroatoms. The number of rotatable bonds is 7. The molecule has 2 rings (SSSR count). The zero-order valence-corrected chi connectivity index (χ0v) is 16.4. The molecule has 9 nitrogen and oxygen atoms in total. The van der Waals surface area contributed by atoms with Gasteiger partial charge in [0.2, 0.25) is 0 Å². The van der Waals surface area contributed by atoms with Crippen molar-refractivity contribution in [2.24, 2.45) is 0 Å². The number of hydrogen-bond acceptors (Lipinski definition) is 6. The van der Waals surface area contributed by atoms with E-state index in [1.165, 1.54) is 23.7 Å². The summed E-state index contributed by atoms with van der Waals surface area (Å²) in [5.74, 6) is -1.55. The molecule has 0 aromatic carbocycles. The first-order valence-corrected chi connectivity index (χ1v) is 9.81. The lowest BCUT2D eigenvalue weighted by molar-refractivity contribution is -0.127. The predicted octanol–water partition coefficient (Wildman–Crippen LogP) is 1.75. The maximum absolute atomic E-state index is 12.2. The monoisotopic (exact) mass is 392 g/mol. The summed E-state index contributed by atoms with van der Waals surface area (Å²) < 4.78 is 6.28. The van der Waals surface area contributed by atoms with E-state index in [1.54, 1.807) is 0 Å². The Morgan fingerprint density at radius 2 is 1.96 bits per heavy atom. The molecule has 3 amide bonds. The van der Waals surface area contributed by atoms with E-state index in [-0.39, 0.29) is 17.3 Å². The quantitative estimate of drug-likeness (QED) is 0.682. The normalized spacial score (nSPS) is 15.5. The molecule has 0 aliphatic heterocycles. The molecule has 154 valence electrons. The summed E-state index contributed by atoms with van der Waals surface area (Å²) in [7, 11) is 0. The summed E-state index contributed by atoms with van der Waals surface area (Å²) in [5, 5.41) is 8.93. The van der Waals surface area contributed by atoms with Gasteiger partial charge in [0, 0.05) is 18.7 Å². The third-order valence-corrected chi connectivity index (χ3v) is 4.63. The van der Waals surface area contributed by atoms with Crippen LogP contribution in [-0.2, 0) is 16.1 Å². The van der Waals surface area contributed by atoms with Crippen LogP contribution in [0, 0.1) is 0 Å². The Morgan fingerprint density at radius 1 is 1.25 bits per heavy atom. The zero-order chi connectivity index (χ0) is 20.5. The van der Waals surface area contributed by atoms with Gasteiger partial charge in [0.25, 0.3) is 11.5 Å². The van der Waals surface area contributed by atoms with Crippen LogP contribution in [0.2, 0.25) is 0 Å². The van der Waals surface area contributed by atoms with Gasteiger partial charge in [-0.1, -0.05) is 32.6 Å². The molecule has 1 aliphatic rings. The Balaban J connectivity index is 1.87. The molecule has 1 atom stereocenters. The third-order valence-electron chi connectivity index (χ3n) is 4.63. The van der Waals surface area contributed by atoms with E-state index in [0.29, 0.717) is 6.54 Å². The van der Waals surface area contributed by atoms with Gasteiger partial charge in [-0.3, -0.25) is 14.9 Å². The van der Waals surface area contributed by atoms with Crippen LogP contribution in [0.15, 0.2) is 16.9 Å². The molecule has 0 radical (unpaired) electrons. The van der Waals surface area contributed by atoms with Gasteiger partial charge >= 0.3 is 12.0 Å². The molecular formula is C19H28N4O5. The topological polar surface area (TPSA) is 119 Å². The first-order valence-electron chi connectivity index (χ1n) is 9.81. The fourth-order valence-corrected chi connectivity index (χ4v) is 2.98. The number of ether oxygens (including phenoxy) is 1. The highest BCUT2D eigenvalue weighted by atomic mass is 16.5. The Labute approximate surface area is 163 Å². The Kier molecular flexibility index (Phi) is 8.16. The van der Waals surface area contributed by atoms with Crippen LogP contribution >= 0.6 is 0 Å². The number of nitrogens with one attached hydrogen (secondary N) is 2. The molecule has 0 saturated heterocycles. The van der Waals surface area contributed by atoms with E-state index >= 15 is 0 Å². The van der Waals surface area contributed by atoms with Gasteiger partial charge in [0.1, 0.15) is 0 Å². The summed E-state index contributed by atoms with van der Waals surface area (Å²) in [6, 6.07) is 1.97. The minimum absolute atomic E-state index is 0.0628. The minimum Gasteiger partial charge on any atom is -0.448 e. The molecule has 1 fully saturated rings. The first-order chi connectivity index (χ1) is 13.4. The van der Waals surface area contributed by atoms with E-state index in [4.69, 9.17) is 4.74 Å². The molecule has 1 aromatic heterocycles. The number of nitrogens with zero attached hydrogens (tertiary/aromatic N) is 2. The largest absolute Gasteiger partial charge is 0.448 e. The Morgan fingerprint density at radius 3 is 2.64 bits per heavy atom. The van der Waals surface area contributed by atoms with E-state index < -0.39 is 24.0 Å². The Hall–Kier alpha value is -2.71. The van der Waals surface area contributed by atoms with Gasteiger partial charge in [-0.15, -0.1) is 0 Å². The van der Waals surface area contributed by atoms with Gasteiger partial charge in [-0.2, -0.15) is 5.10 Å². The number of aryl methyl sites for hydroxylation is 1. The van der Waals surface area contributed by atoms with Crippen molar-refractivity contribution in [1.82, 2.24) is 20.4 Å². The number of amides is 3. The number of imide groups is 1. The van der Waals surface area contributed by atoms with Gasteiger partial charge in [0.15, 0.2) is 11.8 Å². The molecule has 1 aromatic rings. The van der Waals surface area contributed by atoms with Crippen molar-refractivity contribution in [2.75, 3.05) is 0 Å². The molecule has 1 aliphatic carbocycles. The lowest BCUT2D eigenvalue weighted by atomic mass is 9.96. The first kappa shape index (κ1) is 21.6. The number of carbonyl (C=O) groups is 3. The standard InChI is InChI=1S/C19H28N4O5/c1-3-4-12-23-16(24)11-10-15(22-23)18(26)28-13(2)17(25)21-19(27)20-14-8-6-5-7-9-14/h10-11,13-14H,3-9,12H2,1-2H3,(H2,20,21,25,27). The number of unbranched alkanes of at least 4 members (excludes halogenated alkanes) is 1. The second kappa shape index (κ2) is 10.6. The molecule has 1 saturated carbocycles. The maximum atomic E-state index is 12.2. The average Bonchev–Trinajstić information content (AvgIpc) is 2.67. The number of urea groups is 1. The number of aromatic nitrogens is 2. The van der Waals surface area contributed by atoms with Crippen molar-refractivity contribution < 1.29 is 19.1 Å². The predicted molar refractivity (Wildman–Crippen MR) is 102 cm³/mol. The average molecular weight is 392 g/mol. The summed E-state index contributed by atoms with van der Waals surface area (Å²) in [6.07, 6.45) is 5.51. The van der Waals surface area contributed by atoms with Gasteiger partial charge in [-0.05, 0) is 32.3 Å². The molecule has 2 N–H and O–H groups in total. The van der Waals surface area contributed by atoms with Crippen molar-refractivity contribution in [2.45, 2.75) is 77.5 Å². The van der Waals surface area contributed by atoms with Crippen LogP contribution in [0.1, 0.15) is 69.3 Å². The van der Waals surface area contributed by atoms with E-state index in [2.05, 4.69) is 15.7 Å². The second-order valence-corrected chi connectivity index (χ2v) is 6.98. The molecule has 1 heterocycles. The molecular weight excluding hydrogens is 364 g/mol. The van der Waals surface area contributed by atoms with Crippen LogP contribution in [-0.4, -0.2) is 39.8 Å². The van der Waals surface area contributed by atoms with Crippen molar-refractivity contribution in [1.29, 1.82) is 0 Å². The molecule has 0 spiro atoms. The number of esters is 1. The fraction of sp³-hybridized carbons (Fsp3) is 0.632. The van der Waals surface area contributed by atoms with Crippen LogP contribution in [0.5, 0.6) is 0 Å². The Bertz CT molecular complexity index is 755. The summed E-state index contributed by atoms with van der Waals surface area (Å²) in [5.41, 5.74) is -0.378. The van der Waals surface area contributed by atoms with Crippen LogP contribution in [0.3, 0.4) is 0 Å². The second-order valence-electron chi connectivity index (χ2n) is 6.98. The van der Waals surface area contributed by atoms with E-state index in [9.17, 15) is 19.2 Å². The SMILES string of the molecule is CCCCn1nc(C(=O)OC(C)C(=O)NC(=O)NC2CCCCC2)ccc1=O. The van der Waals surface area contributed by atoms with Crippen molar-refractivity contribution in [3.63, 3.8) is 0 Å². The maximum Gasteiger partial charge on any atom is 0.359 e. The van der Waals surface area contributed by atoms with Crippen LogP contribution < -0.4 is 16.2 Å². The minimum atomic E-state index is -1.18. The van der Waals surface area contributed by atoms with Crippen molar-refractivity contribution >= 4 is 17.9 Å². The highest BCUT2D eigenvalue weighted by Gasteiger charge is 2.23. The molecule has 28 heavy (non-hydrogen) atoms.